The van der Waals surface area contributed by atoms with Crippen LogP contribution in [0.3, 0.4) is 0 Å². The second kappa shape index (κ2) is 7.74. The van der Waals surface area contributed by atoms with Crippen LogP contribution < -0.4 is 0 Å². The van der Waals surface area contributed by atoms with Crippen LogP contribution in [-0.2, 0) is 22.7 Å². The molecule has 1 aliphatic heterocycles. The van der Waals surface area contributed by atoms with E-state index in [0.717, 1.165) is 18.1 Å². The Kier molecular flexibility index (Phi) is 5.43. The molecule has 0 N–H and O–H groups in total. The van der Waals surface area contributed by atoms with Crippen molar-refractivity contribution in [3.63, 3.8) is 0 Å². The summed E-state index contributed by atoms with van der Waals surface area (Å²) in [5.74, 6) is -1.39. The largest absolute Gasteiger partial charge is 0.272 e. The van der Waals surface area contributed by atoms with Gasteiger partial charge in [0.15, 0.2) is 0 Å². The minimum atomic E-state index is -0.590. The fourth-order valence-electron chi connectivity index (χ4n) is 3.25. The highest BCUT2D eigenvalue weighted by Gasteiger charge is 2.46. The monoisotopic (exact) mass is 345 g/mol. The molecule has 3 nitrogen and oxygen atoms in total. The molecule has 25 heavy (non-hydrogen) atoms. The molecule has 0 radical (unpaired) electrons. The van der Waals surface area contributed by atoms with Gasteiger partial charge in [0.1, 0.15) is 18.2 Å². The van der Waals surface area contributed by atoms with Gasteiger partial charge < -0.3 is 0 Å². The highest BCUT2D eigenvalue weighted by molar-refractivity contribution is 5.84. The smallest absolute Gasteiger partial charge is 0.251 e. The summed E-state index contributed by atoms with van der Waals surface area (Å²) in [6.45, 7) is 2.35. The number of hydrogen-bond donors (Lipinski definition) is 0. The molecular weight excluding hydrogens is 324 g/mol. The summed E-state index contributed by atoms with van der Waals surface area (Å²) >= 11 is 0. The van der Waals surface area contributed by atoms with Crippen LogP contribution in [0.1, 0.15) is 30.9 Å². The molecule has 1 heterocycles. The lowest BCUT2D eigenvalue weighted by Gasteiger charge is -2.45. The zero-order valence-corrected chi connectivity index (χ0v) is 14.1. The lowest BCUT2D eigenvalue weighted by molar-refractivity contribution is -0.249. The molecule has 0 aromatic heterocycles. The van der Waals surface area contributed by atoms with Gasteiger partial charge in [-0.25, -0.2) is 13.8 Å². The first-order valence-electron chi connectivity index (χ1n) is 8.54. The van der Waals surface area contributed by atoms with Crippen molar-refractivity contribution in [3.05, 3.63) is 71.3 Å². The predicted octanol–water partition coefficient (Wildman–Crippen LogP) is 4.27. The maximum atomic E-state index is 13.7. The van der Waals surface area contributed by atoms with Gasteiger partial charge in [-0.15, -0.1) is 0 Å². The van der Waals surface area contributed by atoms with E-state index in [9.17, 15) is 13.6 Å². The van der Waals surface area contributed by atoms with Gasteiger partial charge in [0.05, 0.1) is 12.0 Å². The maximum Gasteiger partial charge on any atom is 0.251 e. The van der Waals surface area contributed by atoms with E-state index in [1.54, 1.807) is 0 Å². The van der Waals surface area contributed by atoms with E-state index in [0.29, 0.717) is 25.0 Å². The third-order valence-corrected chi connectivity index (χ3v) is 4.67. The van der Waals surface area contributed by atoms with Gasteiger partial charge in [-0.3, -0.25) is 9.63 Å². The number of carbonyl (C=O) groups is 1. The van der Waals surface area contributed by atoms with Crippen LogP contribution in [-0.4, -0.2) is 17.0 Å². The molecule has 132 valence electrons. The number of hydrogen-bond acceptors (Lipinski definition) is 2. The summed E-state index contributed by atoms with van der Waals surface area (Å²) in [7, 11) is 0. The van der Waals surface area contributed by atoms with E-state index in [1.165, 1.54) is 17.2 Å². The molecule has 2 aromatic carbocycles. The molecule has 3 rings (SSSR count). The molecule has 0 saturated carbocycles. The number of benzene rings is 2. The van der Waals surface area contributed by atoms with E-state index in [-0.39, 0.29) is 17.9 Å². The number of rotatable bonds is 7. The summed E-state index contributed by atoms with van der Waals surface area (Å²) in [6.07, 6.45) is 1.72. The number of β-lactam (4-membered cyclic amide) rings is 1. The molecule has 1 amide bonds. The molecule has 2 atom stereocenters. The number of aryl methyl sites for hydroxylation is 1. The predicted molar refractivity (Wildman–Crippen MR) is 90.3 cm³/mol. The molecule has 0 bridgehead atoms. The van der Waals surface area contributed by atoms with E-state index >= 15 is 0 Å². The normalized spacial score (nSPS) is 19.8. The second-order valence-corrected chi connectivity index (χ2v) is 6.28. The van der Waals surface area contributed by atoms with Crippen LogP contribution in [0.5, 0.6) is 0 Å². The molecule has 2 aromatic rings. The van der Waals surface area contributed by atoms with Crippen molar-refractivity contribution < 1.29 is 18.4 Å². The van der Waals surface area contributed by atoms with Crippen LogP contribution in [0.2, 0.25) is 0 Å². The second-order valence-electron chi connectivity index (χ2n) is 6.28. The van der Waals surface area contributed by atoms with E-state index in [2.05, 4.69) is 0 Å². The van der Waals surface area contributed by atoms with Gasteiger partial charge in [-0.05, 0) is 36.5 Å². The van der Waals surface area contributed by atoms with Crippen LogP contribution in [0, 0.1) is 17.6 Å². The Morgan fingerprint density at radius 2 is 1.88 bits per heavy atom. The Bertz CT molecular complexity index is 736. The third-order valence-electron chi connectivity index (χ3n) is 4.67. The number of amides is 1. The topological polar surface area (TPSA) is 29.5 Å². The van der Waals surface area contributed by atoms with Gasteiger partial charge in [0.25, 0.3) is 5.91 Å². The number of halogens is 2. The van der Waals surface area contributed by atoms with Gasteiger partial charge in [-0.2, -0.15) is 0 Å². The summed E-state index contributed by atoms with van der Waals surface area (Å²) < 4.78 is 26.7. The fraction of sp³-hybridized carbons (Fsp3) is 0.350. The van der Waals surface area contributed by atoms with Crippen LogP contribution in [0.15, 0.2) is 48.5 Å². The molecule has 5 heteroatoms. The average molecular weight is 345 g/mol. The first-order chi connectivity index (χ1) is 12.1. The zero-order chi connectivity index (χ0) is 17.8. The lowest BCUT2D eigenvalue weighted by Crippen LogP contribution is -2.60. The fourth-order valence-corrected chi connectivity index (χ4v) is 3.25. The zero-order valence-electron chi connectivity index (χ0n) is 14.1. The summed E-state index contributed by atoms with van der Waals surface area (Å²) in [5.41, 5.74) is 1.44. The van der Waals surface area contributed by atoms with Crippen molar-refractivity contribution >= 4 is 5.91 Å². The van der Waals surface area contributed by atoms with Crippen molar-refractivity contribution in [1.29, 1.82) is 0 Å². The summed E-state index contributed by atoms with van der Waals surface area (Å²) in [6, 6.07) is 13.2. The first kappa shape index (κ1) is 17.5. The van der Waals surface area contributed by atoms with Crippen LogP contribution in [0.4, 0.5) is 8.78 Å². The van der Waals surface area contributed by atoms with E-state index in [1.807, 2.05) is 37.3 Å². The minimum Gasteiger partial charge on any atom is -0.272 e. The molecule has 1 aliphatic rings. The molecule has 1 fully saturated rings. The standard InChI is InChI=1S/C20H21F2NO2/c1-2-19-17(11-9-15-8-10-16(21)12-18(15)22)20(24)23(19)25-13-14-6-4-3-5-7-14/h3-8,10,12,17,19H,2,9,11,13H2,1H3/t17-,19-/m1/s1. The van der Waals surface area contributed by atoms with E-state index < -0.39 is 11.6 Å². The van der Waals surface area contributed by atoms with Crippen LogP contribution >= 0.6 is 0 Å². The molecule has 0 aliphatic carbocycles. The van der Waals surface area contributed by atoms with Crippen molar-refractivity contribution in [3.8, 4) is 0 Å². The van der Waals surface area contributed by atoms with Gasteiger partial charge in [0.2, 0.25) is 0 Å². The Morgan fingerprint density at radius 3 is 2.56 bits per heavy atom. The van der Waals surface area contributed by atoms with Crippen molar-refractivity contribution in [2.24, 2.45) is 5.92 Å². The van der Waals surface area contributed by atoms with Crippen molar-refractivity contribution in [2.75, 3.05) is 0 Å². The Hall–Kier alpha value is -2.27. The Labute approximate surface area is 146 Å². The Balaban J connectivity index is 1.55. The minimum absolute atomic E-state index is 0.000258. The van der Waals surface area contributed by atoms with E-state index in [4.69, 9.17) is 4.84 Å². The molecule has 0 unspecified atom stereocenters. The number of nitrogens with zero attached hydrogens (tertiary/aromatic N) is 1. The first-order valence-corrected chi connectivity index (χ1v) is 8.54. The van der Waals surface area contributed by atoms with Crippen molar-refractivity contribution in [2.45, 2.75) is 38.8 Å². The van der Waals surface area contributed by atoms with Gasteiger partial charge in [-0.1, -0.05) is 43.3 Å². The quantitative estimate of drug-likeness (QED) is 0.702. The number of hydroxylamine groups is 2. The summed E-state index contributed by atoms with van der Waals surface area (Å²) in [5, 5.41) is 1.44. The highest BCUT2D eigenvalue weighted by Crippen LogP contribution is 2.33. The van der Waals surface area contributed by atoms with Crippen molar-refractivity contribution in [1.82, 2.24) is 5.06 Å². The third kappa shape index (κ3) is 3.87. The molecule has 1 saturated heterocycles. The van der Waals surface area contributed by atoms with Gasteiger partial charge in [0, 0.05) is 6.07 Å². The Morgan fingerprint density at radius 1 is 1.12 bits per heavy atom. The maximum absolute atomic E-state index is 13.7. The lowest BCUT2D eigenvalue weighted by atomic mass is 9.83. The SMILES string of the molecule is CC[C@@H]1[C@@H](CCc2ccc(F)cc2F)C(=O)N1OCc1ccccc1. The average Bonchev–Trinajstić information content (AvgIpc) is 2.61. The summed E-state index contributed by atoms with van der Waals surface area (Å²) in [4.78, 5) is 18.0. The molecular formula is C20H21F2NO2. The number of carbonyl (C=O) groups excluding carboxylic acids is 1. The highest BCUT2D eigenvalue weighted by atomic mass is 19.1. The van der Waals surface area contributed by atoms with Gasteiger partial charge >= 0.3 is 0 Å². The van der Waals surface area contributed by atoms with Crippen LogP contribution in [0.25, 0.3) is 0 Å². The molecule has 0 spiro atoms.